The van der Waals surface area contributed by atoms with Gasteiger partial charge in [-0.2, -0.15) is 0 Å². The topological polar surface area (TPSA) is 48.4 Å². The van der Waals surface area contributed by atoms with Gasteiger partial charge in [0.25, 0.3) is 0 Å². The fraction of sp³-hybridized carbons (Fsp3) is 0.667. The maximum Gasteiger partial charge on any atom is 0.133 e. The van der Waals surface area contributed by atoms with Crippen LogP contribution in [0.3, 0.4) is 0 Å². The van der Waals surface area contributed by atoms with Gasteiger partial charge in [-0.05, 0) is 38.2 Å². The van der Waals surface area contributed by atoms with Gasteiger partial charge in [0, 0.05) is 36.9 Å². The summed E-state index contributed by atoms with van der Waals surface area (Å²) in [5.74, 6) is 1.06. The van der Waals surface area contributed by atoms with E-state index in [0.29, 0.717) is 18.6 Å². The van der Waals surface area contributed by atoms with Gasteiger partial charge >= 0.3 is 0 Å². The normalized spacial score (nSPS) is 19.2. The summed E-state index contributed by atoms with van der Waals surface area (Å²) in [4.78, 5) is 6.87. The molecule has 4 nitrogen and oxygen atoms in total. The Morgan fingerprint density at radius 3 is 2.79 bits per heavy atom. The summed E-state index contributed by atoms with van der Waals surface area (Å²) >= 11 is 0. The molecule has 4 heteroatoms. The Kier molecular flexibility index (Phi) is 3.99. The van der Waals surface area contributed by atoms with E-state index >= 15 is 0 Å². The molecule has 2 saturated carbocycles. The molecular formula is C15H23N3O. The second kappa shape index (κ2) is 5.88. The highest BCUT2D eigenvalue weighted by Crippen LogP contribution is 2.30. The molecule has 19 heavy (non-hydrogen) atoms. The predicted octanol–water partition coefficient (Wildman–Crippen LogP) is 1.68. The van der Waals surface area contributed by atoms with Crippen molar-refractivity contribution in [3.8, 4) is 0 Å². The average molecular weight is 261 g/mol. The van der Waals surface area contributed by atoms with Crippen molar-refractivity contribution < 1.29 is 5.11 Å². The van der Waals surface area contributed by atoms with Crippen LogP contribution in [0.4, 0.5) is 5.82 Å². The standard InChI is InChI=1S/C15H23N3O/c19-10-9-18(14-4-1-5-14)15-12(3-2-8-16-15)11-17-13-6-7-13/h2-3,8,13-14,17,19H,1,4-7,9-11H2. The highest BCUT2D eigenvalue weighted by Gasteiger charge is 2.27. The first kappa shape index (κ1) is 12.9. The van der Waals surface area contributed by atoms with Crippen LogP contribution in [0.5, 0.6) is 0 Å². The van der Waals surface area contributed by atoms with Gasteiger partial charge in [0.2, 0.25) is 0 Å². The van der Waals surface area contributed by atoms with Crippen LogP contribution in [0.15, 0.2) is 18.3 Å². The number of nitrogens with zero attached hydrogens (tertiary/aromatic N) is 2. The Morgan fingerprint density at radius 1 is 1.32 bits per heavy atom. The van der Waals surface area contributed by atoms with Gasteiger partial charge < -0.3 is 15.3 Å². The minimum Gasteiger partial charge on any atom is -0.395 e. The van der Waals surface area contributed by atoms with Crippen molar-refractivity contribution in [3.63, 3.8) is 0 Å². The lowest BCUT2D eigenvalue weighted by atomic mass is 9.91. The first-order valence-corrected chi connectivity index (χ1v) is 7.43. The van der Waals surface area contributed by atoms with Crippen LogP contribution >= 0.6 is 0 Å². The van der Waals surface area contributed by atoms with E-state index in [1.54, 1.807) is 0 Å². The summed E-state index contributed by atoms with van der Waals surface area (Å²) in [6.07, 6.45) is 8.23. The van der Waals surface area contributed by atoms with Crippen LogP contribution in [0.1, 0.15) is 37.7 Å². The molecule has 0 saturated heterocycles. The minimum atomic E-state index is 0.197. The average Bonchev–Trinajstić information content (AvgIpc) is 3.18. The maximum atomic E-state index is 9.30. The molecule has 0 spiro atoms. The first-order valence-electron chi connectivity index (χ1n) is 7.43. The van der Waals surface area contributed by atoms with Crippen molar-refractivity contribution in [2.45, 2.75) is 50.7 Å². The van der Waals surface area contributed by atoms with Gasteiger partial charge in [-0.3, -0.25) is 0 Å². The molecule has 0 amide bonds. The summed E-state index contributed by atoms with van der Waals surface area (Å²) < 4.78 is 0. The van der Waals surface area contributed by atoms with Gasteiger partial charge in [-0.25, -0.2) is 4.98 Å². The number of aliphatic hydroxyl groups is 1. The third kappa shape index (κ3) is 3.07. The molecule has 2 aliphatic carbocycles. The second-order valence-electron chi connectivity index (χ2n) is 5.64. The molecular weight excluding hydrogens is 238 g/mol. The van der Waals surface area contributed by atoms with Crippen molar-refractivity contribution in [1.29, 1.82) is 0 Å². The number of pyridine rings is 1. The van der Waals surface area contributed by atoms with Gasteiger partial charge in [-0.1, -0.05) is 6.07 Å². The molecule has 0 aliphatic heterocycles. The van der Waals surface area contributed by atoms with E-state index in [1.165, 1.54) is 37.7 Å². The molecule has 2 fully saturated rings. The second-order valence-corrected chi connectivity index (χ2v) is 5.64. The van der Waals surface area contributed by atoms with Crippen molar-refractivity contribution in [2.75, 3.05) is 18.1 Å². The molecule has 2 aliphatic rings. The largest absolute Gasteiger partial charge is 0.395 e. The summed E-state index contributed by atoms with van der Waals surface area (Å²) in [5.41, 5.74) is 1.26. The summed E-state index contributed by atoms with van der Waals surface area (Å²) in [5, 5.41) is 12.9. The van der Waals surface area contributed by atoms with E-state index in [0.717, 1.165) is 12.4 Å². The monoisotopic (exact) mass is 261 g/mol. The number of nitrogens with one attached hydrogen (secondary N) is 1. The summed E-state index contributed by atoms with van der Waals surface area (Å²) in [6, 6.07) is 5.44. The predicted molar refractivity (Wildman–Crippen MR) is 76.2 cm³/mol. The summed E-state index contributed by atoms with van der Waals surface area (Å²) in [7, 11) is 0. The van der Waals surface area contributed by atoms with E-state index in [9.17, 15) is 5.11 Å². The van der Waals surface area contributed by atoms with Crippen molar-refractivity contribution in [1.82, 2.24) is 10.3 Å². The molecule has 0 atom stereocenters. The van der Waals surface area contributed by atoms with Gasteiger partial charge in [0.15, 0.2) is 0 Å². The van der Waals surface area contributed by atoms with E-state index in [4.69, 9.17) is 0 Å². The number of aliphatic hydroxyl groups excluding tert-OH is 1. The van der Waals surface area contributed by atoms with E-state index < -0.39 is 0 Å². The molecule has 1 heterocycles. The Hall–Kier alpha value is -1.13. The third-order valence-electron chi connectivity index (χ3n) is 4.15. The molecule has 3 rings (SSSR count). The highest BCUT2D eigenvalue weighted by molar-refractivity contribution is 5.48. The zero-order valence-electron chi connectivity index (χ0n) is 11.4. The van der Waals surface area contributed by atoms with Crippen molar-refractivity contribution in [3.05, 3.63) is 23.9 Å². The SMILES string of the molecule is OCCN(c1ncccc1CNC1CC1)C1CCC1. The quantitative estimate of drug-likeness (QED) is 0.784. The van der Waals surface area contributed by atoms with Crippen molar-refractivity contribution >= 4 is 5.82 Å². The van der Waals surface area contributed by atoms with Crippen molar-refractivity contribution in [2.24, 2.45) is 0 Å². The van der Waals surface area contributed by atoms with Crippen LogP contribution < -0.4 is 10.2 Å². The Morgan fingerprint density at radius 2 is 2.16 bits per heavy atom. The molecule has 0 unspecified atom stereocenters. The molecule has 1 aromatic rings. The molecule has 2 N–H and O–H groups in total. The molecule has 0 bridgehead atoms. The van der Waals surface area contributed by atoms with Crippen LogP contribution in [-0.2, 0) is 6.54 Å². The molecule has 1 aromatic heterocycles. The number of anilines is 1. The van der Waals surface area contributed by atoms with E-state index in [-0.39, 0.29) is 6.61 Å². The first-order chi connectivity index (χ1) is 9.38. The maximum absolute atomic E-state index is 9.30. The Bertz CT molecular complexity index is 416. The smallest absolute Gasteiger partial charge is 0.133 e. The van der Waals surface area contributed by atoms with Crippen LogP contribution in [0.2, 0.25) is 0 Å². The number of aromatic nitrogens is 1. The van der Waals surface area contributed by atoms with Crippen LogP contribution in [0.25, 0.3) is 0 Å². The molecule has 0 aromatic carbocycles. The molecule has 0 radical (unpaired) electrons. The third-order valence-corrected chi connectivity index (χ3v) is 4.15. The minimum absolute atomic E-state index is 0.197. The number of hydrogen-bond donors (Lipinski definition) is 2. The lowest BCUT2D eigenvalue weighted by Gasteiger charge is -2.39. The van der Waals surface area contributed by atoms with E-state index in [1.807, 2.05) is 12.3 Å². The Balaban J connectivity index is 1.75. The number of hydrogen-bond acceptors (Lipinski definition) is 4. The summed E-state index contributed by atoms with van der Waals surface area (Å²) in [6.45, 7) is 1.78. The lowest BCUT2D eigenvalue weighted by molar-refractivity contribution is 0.282. The fourth-order valence-corrected chi connectivity index (χ4v) is 2.64. The zero-order valence-corrected chi connectivity index (χ0v) is 11.4. The highest BCUT2D eigenvalue weighted by atomic mass is 16.3. The van der Waals surface area contributed by atoms with Crippen LogP contribution in [0, 0.1) is 0 Å². The number of rotatable bonds is 7. The van der Waals surface area contributed by atoms with Gasteiger partial charge in [0.1, 0.15) is 5.82 Å². The Labute approximate surface area is 114 Å². The lowest BCUT2D eigenvalue weighted by Crippen LogP contribution is -2.43. The fourth-order valence-electron chi connectivity index (χ4n) is 2.64. The zero-order chi connectivity index (χ0) is 13.1. The van der Waals surface area contributed by atoms with Gasteiger partial charge in [0.05, 0.1) is 6.61 Å². The van der Waals surface area contributed by atoms with Crippen LogP contribution in [-0.4, -0.2) is 35.3 Å². The van der Waals surface area contributed by atoms with E-state index in [2.05, 4.69) is 21.3 Å². The van der Waals surface area contributed by atoms with Gasteiger partial charge in [-0.15, -0.1) is 0 Å². The molecule has 104 valence electrons.